The molecule has 9 heteroatoms. The number of hydrogen-bond donors (Lipinski definition) is 0. The van der Waals surface area contributed by atoms with E-state index in [1.807, 2.05) is 0 Å². The van der Waals surface area contributed by atoms with Gasteiger partial charge in [-0.05, 0) is 58.6 Å². The molecule has 0 radical (unpaired) electrons. The summed E-state index contributed by atoms with van der Waals surface area (Å²) in [5.74, 6) is -2.29. The van der Waals surface area contributed by atoms with E-state index < -0.39 is 47.4 Å². The first-order chi connectivity index (χ1) is 17.5. The van der Waals surface area contributed by atoms with Gasteiger partial charge in [-0.1, -0.05) is 44.7 Å². The first-order valence-electron chi connectivity index (χ1n) is 13.4. The molecule has 2 saturated heterocycles. The highest BCUT2D eigenvalue weighted by atomic mass is 16.6. The molecule has 3 aliphatic heterocycles. The van der Waals surface area contributed by atoms with E-state index in [9.17, 15) is 24.0 Å². The molecular formula is C28H37N3O6. The average molecular weight is 512 g/mol. The lowest BCUT2D eigenvalue weighted by Gasteiger charge is -2.43. The van der Waals surface area contributed by atoms with Gasteiger partial charge in [-0.15, -0.1) is 0 Å². The van der Waals surface area contributed by atoms with E-state index in [4.69, 9.17) is 4.74 Å². The molecule has 3 heterocycles. The summed E-state index contributed by atoms with van der Waals surface area (Å²) in [5.41, 5.74) is -0.309. The number of amides is 4. The SMILES string of the molecule is CCCCCCC1C[C@H](N2C(=O)c3ccccc3C2=O)C(=O)N2[C@H](CCCN2C(=O)OC(C)(C)C)C1=O. The van der Waals surface area contributed by atoms with Crippen molar-refractivity contribution < 1.29 is 28.7 Å². The lowest BCUT2D eigenvalue weighted by Crippen LogP contribution is -2.63. The van der Waals surface area contributed by atoms with Crippen molar-refractivity contribution in [3.63, 3.8) is 0 Å². The zero-order chi connectivity index (χ0) is 26.9. The first kappa shape index (κ1) is 26.8. The quantitative estimate of drug-likeness (QED) is 0.415. The third-order valence-electron chi connectivity index (χ3n) is 7.30. The van der Waals surface area contributed by atoms with Gasteiger partial charge in [0.15, 0.2) is 5.78 Å². The molecule has 1 aromatic rings. The van der Waals surface area contributed by atoms with Gasteiger partial charge in [0.25, 0.3) is 17.7 Å². The number of ether oxygens (including phenoxy) is 1. The number of unbranched alkanes of at least 4 members (excludes halogenated alkanes) is 3. The summed E-state index contributed by atoms with van der Waals surface area (Å²) in [7, 11) is 0. The van der Waals surface area contributed by atoms with Gasteiger partial charge in [-0.25, -0.2) is 14.8 Å². The van der Waals surface area contributed by atoms with Gasteiger partial charge in [0.2, 0.25) is 0 Å². The van der Waals surface area contributed by atoms with Crippen LogP contribution in [0.25, 0.3) is 0 Å². The Morgan fingerprint density at radius 1 is 0.973 bits per heavy atom. The summed E-state index contributed by atoms with van der Waals surface area (Å²) in [6.45, 7) is 7.51. The predicted molar refractivity (Wildman–Crippen MR) is 135 cm³/mol. The first-order valence-corrected chi connectivity index (χ1v) is 13.4. The summed E-state index contributed by atoms with van der Waals surface area (Å²) in [6.07, 6.45) is 4.75. The Morgan fingerprint density at radius 3 is 2.22 bits per heavy atom. The summed E-state index contributed by atoms with van der Waals surface area (Å²) in [5, 5.41) is 2.39. The van der Waals surface area contributed by atoms with Gasteiger partial charge in [0, 0.05) is 12.5 Å². The van der Waals surface area contributed by atoms with Gasteiger partial charge in [-0.3, -0.25) is 24.1 Å². The molecule has 0 spiro atoms. The number of fused-ring (bicyclic) bond motifs is 2. The number of carbonyl (C=O) groups is 5. The van der Waals surface area contributed by atoms with Crippen molar-refractivity contribution in [3.05, 3.63) is 35.4 Å². The van der Waals surface area contributed by atoms with Crippen molar-refractivity contribution in [2.75, 3.05) is 6.54 Å². The minimum atomic E-state index is -1.18. The number of carbonyl (C=O) groups excluding carboxylic acids is 5. The Bertz CT molecular complexity index is 1060. The molecule has 4 amide bonds. The zero-order valence-corrected chi connectivity index (χ0v) is 22.2. The maximum atomic E-state index is 14.1. The number of rotatable bonds is 6. The number of hydrogen-bond acceptors (Lipinski definition) is 6. The monoisotopic (exact) mass is 511 g/mol. The third-order valence-corrected chi connectivity index (χ3v) is 7.30. The highest BCUT2D eigenvalue weighted by Gasteiger charge is 2.53. The van der Waals surface area contributed by atoms with Crippen molar-refractivity contribution in [3.8, 4) is 0 Å². The number of benzene rings is 1. The van der Waals surface area contributed by atoms with Crippen molar-refractivity contribution >= 4 is 29.6 Å². The molecule has 3 aliphatic rings. The van der Waals surface area contributed by atoms with Crippen LogP contribution in [0.3, 0.4) is 0 Å². The zero-order valence-electron chi connectivity index (χ0n) is 22.2. The molecule has 0 bridgehead atoms. The fourth-order valence-corrected chi connectivity index (χ4v) is 5.56. The molecule has 2 fully saturated rings. The average Bonchev–Trinajstić information content (AvgIpc) is 3.05. The predicted octanol–water partition coefficient (Wildman–Crippen LogP) is 4.35. The van der Waals surface area contributed by atoms with E-state index in [1.54, 1.807) is 45.0 Å². The van der Waals surface area contributed by atoms with Crippen LogP contribution in [0.15, 0.2) is 24.3 Å². The highest BCUT2D eigenvalue weighted by molar-refractivity contribution is 6.23. The van der Waals surface area contributed by atoms with E-state index in [-0.39, 0.29) is 29.9 Å². The molecule has 0 N–H and O–H groups in total. The molecule has 3 atom stereocenters. The Morgan fingerprint density at radius 2 is 1.62 bits per heavy atom. The van der Waals surface area contributed by atoms with Crippen LogP contribution >= 0.6 is 0 Å². The van der Waals surface area contributed by atoms with Gasteiger partial charge in [0.1, 0.15) is 17.7 Å². The van der Waals surface area contributed by atoms with Crippen molar-refractivity contribution in [2.45, 2.75) is 96.7 Å². The number of imide groups is 1. The summed E-state index contributed by atoms with van der Waals surface area (Å²) in [4.78, 5) is 68.8. The number of nitrogens with zero attached hydrogens (tertiary/aromatic N) is 3. The van der Waals surface area contributed by atoms with Gasteiger partial charge >= 0.3 is 6.09 Å². The lowest BCUT2D eigenvalue weighted by molar-refractivity contribution is -0.165. The minimum absolute atomic E-state index is 0.0599. The van der Waals surface area contributed by atoms with Gasteiger partial charge in [0.05, 0.1) is 11.1 Å². The molecule has 200 valence electrons. The smallest absolute Gasteiger partial charge is 0.429 e. The Hall–Kier alpha value is -3.23. The van der Waals surface area contributed by atoms with E-state index in [1.165, 1.54) is 10.0 Å². The van der Waals surface area contributed by atoms with Crippen LogP contribution in [0.5, 0.6) is 0 Å². The largest absolute Gasteiger partial charge is 0.442 e. The maximum Gasteiger partial charge on any atom is 0.429 e. The number of hydrazine groups is 1. The second-order valence-corrected chi connectivity index (χ2v) is 11.2. The Labute approximate surface area is 218 Å². The molecule has 0 aromatic heterocycles. The molecule has 1 aromatic carbocycles. The van der Waals surface area contributed by atoms with Crippen LogP contribution in [-0.2, 0) is 14.3 Å². The molecule has 37 heavy (non-hydrogen) atoms. The van der Waals surface area contributed by atoms with E-state index in [0.29, 0.717) is 19.3 Å². The standard InChI is InChI=1S/C28H37N3O6/c1-5-6-7-8-12-18-17-22(30-24(33)19-13-9-10-14-20(19)25(30)34)26(35)31-21(23(18)32)15-11-16-29(31)27(36)37-28(2,3)4/h9-10,13-14,18,21-22H,5-8,11-12,15-17H2,1-4H3/t18?,21-,22+/m1/s1. The normalized spacial score (nSPS) is 24.2. The van der Waals surface area contributed by atoms with Gasteiger partial charge in [-0.2, -0.15) is 0 Å². The van der Waals surface area contributed by atoms with E-state index >= 15 is 0 Å². The molecule has 1 unspecified atom stereocenters. The highest BCUT2D eigenvalue weighted by Crippen LogP contribution is 2.36. The van der Waals surface area contributed by atoms with Crippen LogP contribution in [0.1, 0.15) is 99.8 Å². The minimum Gasteiger partial charge on any atom is -0.442 e. The van der Waals surface area contributed by atoms with Gasteiger partial charge < -0.3 is 4.74 Å². The molecule has 0 aliphatic carbocycles. The second kappa shape index (κ2) is 10.6. The van der Waals surface area contributed by atoms with Crippen molar-refractivity contribution in [1.29, 1.82) is 0 Å². The van der Waals surface area contributed by atoms with E-state index in [0.717, 1.165) is 30.6 Å². The molecular weight excluding hydrogens is 474 g/mol. The number of Topliss-reactive ketones (excluding diaryl/α,β-unsaturated/α-hetero) is 1. The number of ketones is 1. The molecule has 0 saturated carbocycles. The van der Waals surface area contributed by atoms with Crippen LogP contribution < -0.4 is 0 Å². The second-order valence-electron chi connectivity index (χ2n) is 11.2. The van der Waals surface area contributed by atoms with Crippen LogP contribution in [0.2, 0.25) is 0 Å². The van der Waals surface area contributed by atoms with Crippen LogP contribution in [0.4, 0.5) is 4.79 Å². The fourth-order valence-electron chi connectivity index (χ4n) is 5.56. The van der Waals surface area contributed by atoms with Crippen molar-refractivity contribution in [2.24, 2.45) is 5.92 Å². The topological polar surface area (TPSA) is 104 Å². The van der Waals surface area contributed by atoms with E-state index in [2.05, 4.69) is 6.92 Å². The third kappa shape index (κ3) is 5.26. The Kier molecular flexibility index (Phi) is 7.71. The van der Waals surface area contributed by atoms with Crippen LogP contribution in [-0.4, -0.2) is 68.7 Å². The summed E-state index contributed by atoms with van der Waals surface area (Å²) < 4.78 is 5.56. The lowest BCUT2D eigenvalue weighted by atomic mass is 9.87. The Balaban J connectivity index is 1.71. The molecule has 4 rings (SSSR count). The fraction of sp³-hybridized carbons (Fsp3) is 0.607. The summed E-state index contributed by atoms with van der Waals surface area (Å²) in [6, 6.07) is 4.48. The van der Waals surface area contributed by atoms with Crippen molar-refractivity contribution in [1.82, 2.24) is 14.9 Å². The summed E-state index contributed by atoms with van der Waals surface area (Å²) >= 11 is 0. The maximum absolute atomic E-state index is 14.1. The van der Waals surface area contributed by atoms with Crippen LogP contribution in [0, 0.1) is 5.92 Å². The molecule has 9 nitrogen and oxygen atoms in total.